The van der Waals surface area contributed by atoms with Gasteiger partial charge in [0.2, 0.25) is 0 Å². The van der Waals surface area contributed by atoms with Crippen molar-refractivity contribution in [1.29, 1.82) is 0 Å². The molecule has 2 aromatic heterocycles. The largest absolute Gasteiger partial charge is 0.369 e. The van der Waals surface area contributed by atoms with Crippen molar-refractivity contribution >= 4 is 16.9 Å². The van der Waals surface area contributed by atoms with E-state index in [1.54, 1.807) is 17.2 Å². The maximum atomic E-state index is 5.60. The Balaban J connectivity index is 2.12. The minimum absolute atomic E-state index is 0.580. The van der Waals surface area contributed by atoms with E-state index < -0.39 is 0 Å². The molecule has 0 saturated carbocycles. The van der Waals surface area contributed by atoms with E-state index in [-0.39, 0.29) is 0 Å². The highest BCUT2D eigenvalue weighted by Crippen LogP contribution is 2.18. The summed E-state index contributed by atoms with van der Waals surface area (Å²) >= 11 is 0. The van der Waals surface area contributed by atoms with E-state index in [9.17, 15) is 0 Å². The minimum atomic E-state index is 0.580. The zero-order valence-corrected chi connectivity index (χ0v) is 10.9. The first-order chi connectivity index (χ1) is 8.76. The summed E-state index contributed by atoms with van der Waals surface area (Å²) in [6.45, 7) is 3.79. The van der Waals surface area contributed by atoms with Crippen LogP contribution < -0.4 is 11.1 Å². The Bertz CT molecular complexity index is 506. The van der Waals surface area contributed by atoms with Crippen LogP contribution in [0.15, 0.2) is 12.5 Å². The average Bonchev–Trinajstić information content (AvgIpc) is 2.77. The van der Waals surface area contributed by atoms with Crippen LogP contribution in [0.2, 0.25) is 0 Å². The van der Waals surface area contributed by atoms with Crippen LogP contribution in [0.4, 0.5) is 5.82 Å². The monoisotopic (exact) mass is 248 g/mol. The number of nitrogens with zero attached hydrogens (tertiary/aromatic N) is 4. The van der Waals surface area contributed by atoms with Crippen LogP contribution >= 0.6 is 0 Å². The Hall–Kier alpha value is -1.69. The Labute approximate surface area is 107 Å². The van der Waals surface area contributed by atoms with Crippen molar-refractivity contribution in [1.82, 2.24) is 19.7 Å². The number of nitrogens with two attached hydrogens (primary N) is 1. The second-order valence-corrected chi connectivity index (χ2v) is 4.46. The molecule has 0 fully saturated rings. The van der Waals surface area contributed by atoms with E-state index >= 15 is 0 Å². The number of hydrogen-bond acceptors (Lipinski definition) is 5. The lowest BCUT2D eigenvalue weighted by molar-refractivity contribution is 0.501. The molecule has 6 nitrogen and oxygen atoms in total. The molecule has 0 bridgehead atoms. The fourth-order valence-corrected chi connectivity index (χ4v) is 2.03. The fraction of sp³-hybridized carbons (Fsp3) is 0.583. The van der Waals surface area contributed by atoms with E-state index in [1.807, 2.05) is 7.05 Å². The summed E-state index contributed by atoms with van der Waals surface area (Å²) in [5, 5.41) is 8.53. The first-order valence-electron chi connectivity index (χ1n) is 6.32. The van der Waals surface area contributed by atoms with Crippen molar-refractivity contribution in [3.8, 4) is 0 Å². The highest BCUT2D eigenvalue weighted by Gasteiger charge is 2.09. The van der Waals surface area contributed by atoms with Crippen LogP contribution in [0.5, 0.6) is 0 Å². The molecule has 6 heteroatoms. The van der Waals surface area contributed by atoms with Gasteiger partial charge >= 0.3 is 0 Å². The third kappa shape index (κ3) is 2.59. The zero-order valence-electron chi connectivity index (χ0n) is 10.9. The van der Waals surface area contributed by atoms with Crippen molar-refractivity contribution in [2.45, 2.75) is 19.8 Å². The second-order valence-electron chi connectivity index (χ2n) is 4.46. The molecule has 0 aliphatic rings. The molecule has 0 amide bonds. The standard InChI is InChI=1S/C12H20N6/c1-3-9(4-5-13)6-14-11-10-7-17-18(2)12(10)16-8-15-11/h7-9H,3-6,13H2,1-2H3,(H,14,15,16). The Kier molecular flexibility index (Phi) is 4.09. The molecular formula is C12H20N6. The van der Waals surface area contributed by atoms with E-state index in [4.69, 9.17) is 5.73 Å². The SMILES string of the molecule is CCC(CCN)CNc1ncnc2c1cnn2C. The van der Waals surface area contributed by atoms with Gasteiger partial charge in [-0.15, -0.1) is 0 Å². The first kappa shape index (κ1) is 12.8. The van der Waals surface area contributed by atoms with Gasteiger partial charge in [-0.1, -0.05) is 13.3 Å². The number of aromatic nitrogens is 4. The van der Waals surface area contributed by atoms with Gasteiger partial charge < -0.3 is 11.1 Å². The summed E-state index contributed by atoms with van der Waals surface area (Å²) < 4.78 is 1.75. The molecule has 1 unspecified atom stereocenters. The van der Waals surface area contributed by atoms with E-state index in [2.05, 4.69) is 27.3 Å². The van der Waals surface area contributed by atoms with Gasteiger partial charge in [0.15, 0.2) is 5.65 Å². The van der Waals surface area contributed by atoms with Gasteiger partial charge in [-0.05, 0) is 18.9 Å². The van der Waals surface area contributed by atoms with Crippen LogP contribution in [0.1, 0.15) is 19.8 Å². The number of fused-ring (bicyclic) bond motifs is 1. The van der Waals surface area contributed by atoms with Crippen molar-refractivity contribution < 1.29 is 0 Å². The van der Waals surface area contributed by atoms with Crippen molar-refractivity contribution in [2.75, 3.05) is 18.4 Å². The maximum Gasteiger partial charge on any atom is 0.163 e. The second kappa shape index (κ2) is 5.77. The molecule has 0 saturated heterocycles. The maximum absolute atomic E-state index is 5.60. The molecule has 0 radical (unpaired) electrons. The molecule has 0 aliphatic carbocycles. The van der Waals surface area contributed by atoms with Gasteiger partial charge in [0, 0.05) is 13.6 Å². The van der Waals surface area contributed by atoms with Crippen LogP contribution in [-0.2, 0) is 7.05 Å². The lowest BCUT2D eigenvalue weighted by Gasteiger charge is -2.15. The molecule has 2 heterocycles. The summed E-state index contributed by atoms with van der Waals surface area (Å²) in [5.41, 5.74) is 6.45. The van der Waals surface area contributed by atoms with Gasteiger partial charge in [-0.2, -0.15) is 5.10 Å². The van der Waals surface area contributed by atoms with Crippen LogP contribution in [0.25, 0.3) is 11.0 Å². The molecule has 1 atom stereocenters. The number of aryl methyl sites for hydroxylation is 1. The molecule has 0 aliphatic heterocycles. The zero-order chi connectivity index (χ0) is 13.0. The number of nitrogens with one attached hydrogen (secondary N) is 1. The topological polar surface area (TPSA) is 81.7 Å². The Morgan fingerprint density at radius 1 is 1.44 bits per heavy atom. The van der Waals surface area contributed by atoms with Crippen LogP contribution in [-0.4, -0.2) is 32.8 Å². The van der Waals surface area contributed by atoms with Crippen molar-refractivity contribution in [2.24, 2.45) is 18.7 Å². The Morgan fingerprint density at radius 2 is 2.28 bits per heavy atom. The van der Waals surface area contributed by atoms with Crippen LogP contribution in [0.3, 0.4) is 0 Å². The van der Waals surface area contributed by atoms with Gasteiger partial charge in [-0.3, -0.25) is 4.68 Å². The molecule has 3 N–H and O–H groups in total. The summed E-state index contributed by atoms with van der Waals surface area (Å²) in [7, 11) is 1.88. The quantitative estimate of drug-likeness (QED) is 0.801. The van der Waals surface area contributed by atoms with E-state index in [1.165, 1.54) is 0 Å². The predicted molar refractivity (Wildman–Crippen MR) is 72.2 cm³/mol. The lowest BCUT2D eigenvalue weighted by atomic mass is 10.0. The number of hydrogen-bond donors (Lipinski definition) is 2. The molecule has 2 aromatic rings. The molecule has 0 aromatic carbocycles. The van der Waals surface area contributed by atoms with Gasteiger partial charge in [-0.25, -0.2) is 9.97 Å². The highest BCUT2D eigenvalue weighted by molar-refractivity contribution is 5.85. The molecule has 0 spiro atoms. The van der Waals surface area contributed by atoms with Gasteiger partial charge in [0.25, 0.3) is 0 Å². The molecular weight excluding hydrogens is 228 g/mol. The lowest BCUT2D eigenvalue weighted by Crippen LogP contribution is -2.18. The fourth-order valence-electron chi connectivity index (χ4n) is 2.03. The number of rotatable bonds is 6. The van der Waals surface area contributed by atoms with Crippen molar-refractivity contribution in [3.05, 3.63) is 12.5 Å². The third-order valence-electron chi connectivity index (χ3n) is 3.24. The predicted octanol–water partition coefficient (Wildman–Crippen LogP) is 1.15. The molecule has 98 valence electrons. The summed E-state index contributed by atoms with van der Waals surface area (Å²) in [5.74, 6) is 1.43. The van der Waals surface area contributed by atoms with E-state index in [0.29, 0.717) is 5.92 Å². The summed E-state index contributed by atoms with van der Waals surface area (Å²) in [6, 6.07) is 0. The highest BCUT2D eigenvalue weighted by atomic mass is 15.3. The third-order valence-corrected chi connectivity index (χ3v) is 3.24. The summed E-state index contributed by atoms with van der Waals surface area (Å²) in [4.78, 5) is 8.49. The normalized spacial score (nSPS) is 12.8. The molecule has 18 heavy (non-hydrogen) atoms. The first-order valence-corrected chi connectivity index (χ1v) is 6.32. The van der Waals surface area contributed by atoms with E-state index in [0.717, 1.165) is 42.8 Å². The smallest absolute Gasteiger partial charge is 0.163 e. The minimum Gasteiger partial charge on any atom is -0.369 e. The van der Waals surface area contributed by atoms with Gasteiger partial charge in [0.1, 0.15) is 12.1 Å². The van der Waals surface area contributed by atoms with Crippen LogP contribution in [0, 0.1) is 5.92 Å². The molecule has 2 rings (SSSR count). The summed E-state index contributed by atoms with van der Waals surface area (Å²) in [6.07, 6.45) is 5.51. The average molecular weight is 248 g/mol. The number of anilines is 1. The van der Waals surface area contributed by atoms with Gasteiger partial charge in [0.05, 0.1) is 11.6 Å². The Morgan fingerprint density at radius 3 is 3.00 bits per heavy atom. The van der Waals surface area contributed by atoms with Crippen molar-refractivity contribution in [3.63, 3.8) is 0 Å².